The first-order valence-corrected chi connectivity index (χ1v) is 7.33. The zero-order valence-electron chi connectivity index (χ0n) is 11.3. The number of carbonyl (C=O) groups is 1. The number of amides is 1. The number of benzene rings is 1. The van der Waals surface area contributed by atoms with Crippen LogP contribution in [0.1, 0.15) is 32.4 Å². The van der Waals surface area contributed by atoms with E-state index in [1.54, 1.807) is 11.8 Å². The van der Waals surface area contributed by atoms with Crippen molar-refractivity contribution in [1.29, 1.82) is 0 Å². The fourth-order valence-corrected chi connectivity index (χ4v) is 2.48. The molecule has 100 valence electrons. The zero-order valence-corrected chi connectivity index (χ0v) is 12.2. The summed E-state index contributed by atoms with van der Waals surface area (Å²) in [7, 11) is 0. The monoisotopic (exact) mass is 266 g/mol. The molecule has 1 aromatic carbocycles. The summed E-state index contributed by atoms with van der Waals surface area (Å²) in [5.74, 6) is 0.695. The Kier molecular flexibility index (Phi) is 6.22. The first kappa shape index (κ1) is 15.1. The lowest BCUT2D eigenvalue weighted by molar-refractivity contribution is -0.127. The van der Waals surface area contributed by atoms with E-state index < -0.39 is 0 Å². The van der Waals surface area contributed by atoms with Crippen LogP contribution in [0.2, 0.25) is 0 Å². The average Bonchev–Trinajstić information content (AvgIpc) is 2.38. The second kappa shape index (κ2) is 7.44. The maximum atomic E-state index is 11.8. The Labute approximate surface area is 114 Å². The summed E-state index contributed by atoms with van der Waals surface area (Å²) in [4.78, 5) is 14.8. The smallest absolute Gasteiger partial charge is 0.232 e. The summed E-state index contributed by atoms with van der Waals surface area (Å²) in [5.41, 5.74) is 6.91. The van der Waals surface area contributed by atoms with Gasteiger partial charge >= 0.3 is 0 Å². The van der Waals surface area contributed by atoms with Gasteiger partial charge in [-0.2, -0.15) is 0 Å². The normalized spacial score (nSPS) is 12.2. The highest BCUT2D eigenvalue weighted by Crippen LogP contribution is 2.20. The molecule has 0 heterocycles. The Morgan fingerprint density at radius 3 is 2.28 bits per heavy atom. The first-order chi connectivity index (χ1) is 8.58. The van der Waals surface area contributed by atoms with E-state index in [1.807, 2.05) is 49.9 Å². The van der Waals surface area contributed by atoms with Crippen LogP contribution in [0.3, 0.4) is 0 Å². The third kappa shape index (κ3) is 4.35. The van der Waals surface area contributed by atoms with Gasteiger partial charge in [0.15, 0.2) is 0 Å². The molecule has 3 nitrogen and oxygen atoms in total. The largest absolute Gasteiger partial charge is 0.343 e. The molecular formula is C14H22N2OS. The molecule has 1 rings (SSSR count). The van der Waals surface area contributed by atoms with Crippen molar-refractivity contribution in [3.8, 4) is 0 Å². The van der Waals surface area contributed by atoms with Crippen molar-refractivity contribution >= 4 is 17.7 Å². The van der Waals surface area contributed by atoms with Gasteiger partial charge in [0.25, 0.3) is 0 Å². The van der Waals surface area contributed by atoms with E-state index in [9.17, 15) is 4.79 Å². The van der Waals surface area contributed by atoms with Gasteiger partial charge in [0.1, 0.15) is 0 Å². The molecule has 0 spiro atoms. The third-order valence-electron chi connectivity index (χ3n) is 2.88. The molecule has 0 aliphatic heterocycles. The van der Waals surface area contributed by atoms with Crippen LogP contribution in [-0.2, 0) is 4.79 Å². The summed E-state index contributed by atoms with van der Waals surface area (Å²) in [6.45, 7) is 7.53. The van der Waals surface area contributed by atoms with Gasteiger partial charge in [-0.1, -0.05) is 12.1 Å². The number of nitrogens with zero attached hydrogens (tertiary/aromatic N) is 1. The second-order valence-corrected chi connectivity index (χ2v) is 5.26. The molecule has 1 atom stereocenters. The molecule has 0 saturated heterocycles. The van der Waals surface area contributed by atoms with Gasteiger partial charge in [-0.3, -0.25) is 4.79 Å². The van der Waals surface area contributed by atoms with Crippen LogP contribution >= 0.6 is 11.8 Å². The Bertz CT molecular complexity index is 372. The molecule has 0 unspecified atom stereocenters. The Morgan fingerprint density at radius 1 is 1.28 bits per heavy atom. The SMILES string of the molecule is CCN(CC)C(=O)CSc1ccc([C@@H](C)N)cc1. The van der Waals surface area contributed by atoms with Gasteiger partial charge in [0, 0.05) is 24.0 Å². The summed E-state index contributed by atoms with van der Waals surface area (Å²) in [5, 5.41) is 0. The van der Waals surface area contributed by atoms with E-state index >= 15 is 0 Å². The van der Waals surface area contributed by atoms with Gasteiger partial charge < -0.3 is 10.6 Å². The van der Waals surface area contributed by atoms with Crippen LogP contribution < -0.4 is 5.73 Å². The molecule has 4 heteroatoms. The highest BCUT2D eigenvalue weighted by atomic mass is 32.2. The van der Waals surface area contributed by atoms with Gasteiger partial charge in [-0.25, -0.2) is 0 Å². The van der Waals surface area contributed by atoms with E-state index in [-0.39, 0.29) is 11.9 Å². The highest BCUT2D eigenvalue weighted by Gasteiger charge is 2.09. The lowest BCUT2D eigenvalue weighted by Gasteiger charge is -2.18. The predicted molar refractivity (Wildman–Crippen MR) is 77.7 cm³/mol. The van der Waals surface area contributed by atoms with Crippen molar-refractivity contribution < 1.29 is 4.79 Å². The quantitative estimate of drug-likeness (QED) is 0.805. The lowest BCUT2D eigenvalue weighted by atomic mass is 10.1. The minimum Gasteiger partial charge on any atom is -0.343 e. The minimum absolute atomic E-state index is 0.0568. The number of hydrogen-bond acceptors (Lipinski definition) is 3. The van der Waals surface area contributed by atoms with Crippen LogP contribution in [0.15, 0.2) is 29.2 Å². The third-order valence-corrected chi connectivity index (χ3v) is 3.88. The van der Waals surface area contributed by atoms with Crippen LogP contribution in [0.25, 0.3) is 0 Å². The molecule has 0 radical (unpaired) electrons. The Morgan fingerprint density at radius 2 is 1.83 bits per heavy atom. The number of nitrogens with two attached hydrogens (primary N) is 1. The average molecular weight is 266 g/mol. The molecule has 1 aromatic rings. The van der Waals surface area contributed by atoms with E-state index in [0.29, 0.717) is 5.75 Å². The summed E-state index contributed by atoms with van der Waals surface area (Å²) >= 11 is 1.58. The lowest BCUT2D eigenvalue weighted by Crippen LogP contribution is -2.31. The van der Waals surface area contributed by atoms with E-state index in [0.717, 1.165) is 23.5 Å². The fourth-order valence-electron chi connectivity index (χ4n) is 1.68. The Balaban J connectivity index is 2.51. The van der Waals surface area contributed by atoms with Crippen molar-refractivity contribution in [2.45, 2.75) is 31.7 Å². The van der Waals surface area contributed by atoms with Gasteiger partial charge in [-0.05, 0) is 38.5 Å². The summed E-state index contributed by atoms with van der Waals surface area (Å²) < 4.78 is 0. The highest BCUT2D eigenvalue weighted by molar-refractivity contribution is 8.00. The topological polar surface area (TPSA) is 46.3 Å². The number of carbonyl (C=O) groups excluding carboxylic acids is 1. The van der Waals surface area contributed by atoms with E-state index in [2.05, 4.69) is 0 Å². The van der Waals surface area contributed by atoms with Crippen LogP contribution in [0.4, 0.5) is 0 Å². The van der Waals surface area contributed by atoms with Gasteiger partial charge in [-0.15, -0.1) is 11.8 Å². The number of thioether (sulfide) groups is 1. The molecule has 0 fully saturated rings. The second-order valence-electron chi connectivity index (χ2n) is 4.21. The van der Waals surface area contributed by atoms with Crippen LogP contribution in [0, 0.1) is 0 Å². The standard InChI is InChI=1S/C14H22N2OS/c1-4-16(5-2)14(17)10-18-13-8-6-12(7-9-13)11(3)15/h6-9,11H,4-5,10,15H2,1-3H3/t11-/m1/s1. The fraction of sp³-hybridized carbons (Fsp3) is 0.500. The van der Waals surface area contributed by atoms with Crippen molar-refractivity contribution in [2.75, 3.05) is 18.8 Å². The van der Waals surface area contributed by atoms with E-state index in [1.165, 1.54) is 0 Å². The molecule has 0 saturated carbocycles. The first-order valence-electron chi connectivity index (χ1n) is 6.34. The molecular weight excluding hydrogens is 244 g/mol. The maximum absolute atomic E-state index is 11.8. The maximum Gasteiger partial charge on any atom is 0.232 e. The number of hydrogen-bond donors (Lipinski definition) is 1. The summed E-state index contributed by atoms with van der Waals surface area (Å²) in [6, 6.07) is 8.16. The number of rotatable bonds is 6. The van der Waals surface area contributed by atoms with Crippen molar-refractivity contribution in [2.24, 2.45) is 5.73 Å². The minimum atomic E-state index is 0.0568. The molecule has 0 aromatic heterocycles. The van der Waals surface area contributed by atoms with Gasteiger partial charge in [0.2, 0.25) is 5.91 Å². The molecule has 1 amide bonds. The molecule has 2 N–H and O–H groups in total. The van der Waals surface area contributed by atoms with Crippen molar-refractivity contribution in [1.82, 2.24) is 4.90 Å². The van der Waals surface area contributed by atoms with Crippen molar-refractivity contribution in [3.05, 3.63) is 29.8 Å². The van der Waals surface area contributed by atoms with Crippen LogP contribution in [-0.4, -0.2) is 29.6 Å². The molecule has 0 aliphatic carbocycles. The van der Waals surface area contributed by atoms with Gasteiger partial charge in [0.05, 0.1) is 5.75 Å². The van der Waals surface area contributed by atoms with E-state index in [4.69, 9.17) is 5.73 Å². The molecule has 0 bridgehead atoms. The Hall–Kier alpha value is -1.00. The van der Waals surface area contributed by atoms with Crippen molar-refractivity contribution in [3.63, 3.8) is 0 Å². The van der Waals surface area contributed by atoms with Crippen LogP contribution in [0.5, 0.6) is 0 Å². The predicted octanol–water partition coefficient (Wildman–Crippen LogP) is 2.67. The molecule has 18 heavy (non-hydrogen) atoms. The zero-order chi connectivity index (χ0) is 13.5. The summed E-state index contributed by atoms with van der Waals surface area (Å²) in [6.07, 6.45) is 0. The molecule has 0 aliphatic rings.